The third kappa shape index (κ3) is 11.3. The number of primary amides is 1. The number of Topliss-reactive ketones (excluding diaryl/α,β-unsaturated/α-hetero) is 1. The van der Waals surface area contributed by atoms with Gasteiger partial charge in [-0.25, -0.2) is 20.2 Å². The molecule has 3 aromatic rings. The van der Waals surface area contributed by atoms with Crippen molar-refractivity contribution in [3.63, 3.8) is 0 Å². The van der Waals surface area contributed by atoms with Crippen LogP contribution in [-0.4, -0.2) is 69.6 Å². The van der Waals surface area contributed by atoms with Crippen LogP contribution in [-0.2, 0) is 20.7 Å². The molecule has 0 spiro atoms. The largest absolute Gasteiger partial charge is 0.443 e. The zero-order valence-electron chi connectivity index (χ0n) is 26.7. The van der Waals surface area contributed by atoms with E-state index in [4.69, 9.17) is 10.5 Å². The molecule has 2 aromatic carbocycles. The van der Waals surface area contributed by atoms with Crippen molar-refractivity contribution in [1.29, 1.82) is 0 Å². The van der Waals surface area contributed by atoms with Gasteiger partial charge < -0.3 is 20.9 Å². The van der Waals surface area contributed by atoms with Gasteiger partial charge in [0.25, 0.3) is 5.91 Å². The highest BCUT2D eigenvalue weighted by atomic mass is 16.6. The van der Waals surface area contributed by atoms with E-state index in [1.165, 1.54) is 11.1 Å². The van der Waals surface area contributed by atoms with Crippen LogP contribution in [0.3, 0.4) is 0 Å². The monoisotopic (exact) mass is 619 g/mol. The van der Waals surface area contributed by atoms with E-state index in [9.17, 15) is 24.3 Å². The molecule has 0 fully saturated rings. The van der Waals surface area contributed by atoms with Crippen LogP contribution < -0.4 is 16.5 Å². The van der Waals surface area contributed by atoms with Crippen LogP contribution in [0.4, 0.5) is 4.79 Å². The zero-order chi connectivity index (χ0) is 33.1. The van der Waals surface area contributed by atoms with Crippen molar-refractivity contribution in [1.82, 2.24) is 20.7 Å². The highest BCUT2D eigenvalue weighted by Gasteiger charge is 2.36. The number of hydrogen-bond acceptors (Lipinski definition) is 8. The Hall–Kier alpha value is -4.35. The number of hydrazine groups is 1. The van der Waals surface area contributed by atoms with Crippen molar-refractivity contribution in [2.75, 3.05) is 13.1 Å². The Labute approximate surface area is 264 Å². The first-order chi connectivity index (χ1) is 21.2. The summed E-state index contributed by atoms with van der Waals surface area (Å²) in [6.07, 6.45) is -1.77. The quantitative estimate of drug-likeness (QED) is 0.187. The number of aliphatic hydroxyl groups excluding tert-OH is 1. The van der Waals surface area contributed by atoms with Gasteiger partial charge in [0.05, 0.1) is 36.5 Å². The van der Waals surface area contributed by atoms with Crippen LogP contribution in [0.5, 0.6) is 0 Å². The van der Waals surface area contributed by atoms with E-state index in [0.717, 1.165) is 17.4 Å². The Balaban J connectivity index is 1.90. The van der Waals surface area contributed by atoms with Crippen LogP contribution in [0.25, 0.3) is 10.9 Å². The lowest BCUT2D eigenvalue weighted by atomic mass is 9.85. The number of carbonyl (C=O) groups is 4. The molecule has 0 radical (unpaired) electrons. The first kappa shape index (κ1) is 35.1. The fourth-order valence-electron chi connectivity index (χ4n) is 4.72. The second-order valence-electron chi connectivity index (χ2n) is 12.5. The zero-order valence-corrected chi connectivity index (χ0v) is 26.7. The van der Waals surface area contributed by atoms with E-state index < -0.39 is 53.8 Å². The number of nitrogens with one attached hydrogen (secondary N) is 2. The molecule has 0 bridgehead atoms. The normalized spacial score (nSPS) is 13.6. The summed E-state index contributed by atoms with van der Waals surface area (Å²) in [7, 11) is 0. The molecule has 1 heterocycles. The minimum absolute atomic E-state index is 0.0570. The minimum atomic E-state index is -1.40. The van der Waals surface area contributed by atoms with Gasteiger partial charge in [-0.15, -0.1) is 0 Å². The number of para-hydroxylation sites is 1. The van der Waals surface area contributed by atoms with Crippen molar-refractivity contribution in [3.8, 4) is 0 Å². The maximum Gasteiger partial charge on any atom is 0.424 e. The average molecular weight is 620 g/mol. The summed E-state index contributed by atoms with van der Waals surface area (Å²) in [5, 5.41) is 16.2. The molecule has 0 aliphatic carbocycles. The molecule has 11 heteroatoms. The van der Waals surface area contributed by atoms with E-state index >= 15 is 0 Å². The number of rotatable bonds is 15. The Morgan fingerprint density at radius 2 is 1.64 bits per heavy atom. The van der Waals surface area contributed by atoms with E-state index in [1.54, 1.807) is 63.2 Å². The number of ketones is 1. The molecule has 11 nitrogen and oxygen atoms in total. The summed E-state index contributed by atoms with van der Waals surface area (Å²) in [4.78, 5) is 57.0. The number of amides is 3. The SMILES string of the molecule is CC(C)CCNN(C[C@H](O)[C@H](Cc1ccccc1)C(=O)[C@H](CC(N)=O)NC(=O)c1ccc2ccccc2n1)C(=O)OC(C)(C)C. The van der Waals surface area contributed by atoms with Gasteiger partial charge in [-0.3, -0.25) is 14.4 Å². The summed E-state index contributed by atoms with van der Waals surface area (Å²) in [5.74, 6) is -2.85. The minimum Gasteiger partial charge on any atom is -0.443 e. The van der Waals surface area contributed by atoms with Gasteiger partial charge >= 0.3 is 6.09 Å². The lowest BCUT2D eigenvalue weighted by Gasteiger charge is -2.32. The molecule has 242 valence electrons. The van der Waals surface area contributed by atoms with Crippen molar-refractivity contribution < 1.29 is 29.0 Å². The number of aliphatic hydroxyl groups is 1. The molecule has 0 saturated heterocycles. The molecule has 0 aliphatic heterocycles. The Morgan fingerprint density at radius 1 is 0.978 bits per heavy atom. The van der Waals surface area contributed by atoms with E-state index in [2.05, 4.69) is 15.7 Å². The van der Waals surface area contributed by atoms with Gasteiger partial charge in [0, 0.05) is 11.9 Å². The summed E-state index contributed by atoms with van der Waals surface area (Å²) < 4.78 is 5.55. The molecule has 0 aliphatic rings. The van der Waals surface area contributed by atoms with Gasteiger partial charge in [-0.1, -0.05) is 68.4 Å². The average Bonchev–Trinajstić information content (AvgIpc) is 2.97. The van der Waals surface area contributed by atoms with Gasteiger partial charge in [0.1, 0.15) is 11.3 Å². The first-order valence-electron chi connectivity index (χ1n) is 15.2. The molecule has 0 saturated carbocycles. The Bertz CT molecular complexity index is 1460. The molecule has 3 rings (SSSR count). The van der Waals surface area contributed by atoms with Crippen LogP contribution in [0.1, 0.15) is 63.5 Å². The third-order valence-corrected chi connectivity index (χ3v) is 7.02. The molecule has 1 aromatic heterocycles. The molecule has 0 unspecified atom stereocenters. The summed E-state index contributed by atoms with van der Waals surface area (Å²) in [5.41, 5.74) is 9.13. The maximum atomic E-state index is 14.1. The molecular formula is C34H45N5O6. The molecular weight excluding hydrogens is 574 g/mol. The van der Waals surface area contributed by atoms with E-state index in [0.29, 0.717) is 18.0 Å². The topological polar surface area (TPSA) is 164 Å². The molecule has 3 amide bonds. The fraction of sp³-hybridized carbons (Fsp3) is 0.441. The number of pyridine rings is 1. The summed E-state index contributed by atoms with van der Waals surface area (Å²) in [6, 6.07) is 18.2. The number of aromatic nitrogens is 1. The molecule has 3 atom stereocenters. The van der Waals surface area contributed by atoms with E-state index in [-0.39, 0.29) is 18.7 Å². The number of ether oxygens (including phenoxy) is 1. The van der Waals surface area contributed by atoms with Crippen LogP contribution in [0.15, 0.2) is 66.7 Å². The summed E-state index contributed by atoms with van der Waals surface area (Å²) >= 11 is 0. The highest BCUT2D eigenvalue weighted by Crippen LogP contribution is 2.20. The van der Waals surface area contributed by atoms with Gasteiger partial charge in [-0.2, -0.15) is 0 Å². The fourth-order valence-corrected chi connectivity index (χ4v) is 4.72. The van der Waals surface area contributed by atoms with Gasteiger partial charge in [0.15, 0.2) is 5.78 Å². The standard InChI is InChI=1S/C34H45N5O6/c1-22(2)17-18-36-39(33(44)45-34(3,4)5)21-29(40)25(19-23-11-7-6-8-12-23)31(42)28(20-30(35)41)38-32(43)27-16-15-24-13-9-10-14-26(24)37-27/h6-16,22,25,28-29,36,40H,17-21H2,1-5H3,(H2,35,41)(H,38,43)/t25-,28-,29-/m0/s1. The lowest BCUT2D eigenvalue weighted by molar-refractivity contribution is -0.131. The number of benzene rings is 2. The van der Waals surface area contributed by atoms with Crippen LogP contribution in [0, 0.1) is 11.8 Å². The third-order valence-electron chi connectivity index (χ3n) is 7.02. The second-order valence-corrected chi connectivity index (χ2v) is 12.5. The molecule has 5 N–H and O–H groups in total. The lowest BCUT2D eigenvalue weighted by Crippen LogP contribution is -2.54. The van der Waals surface area contributed by atoms with Crippen molar-refractivity contribution >= 4 is 34.6 Å². The molecule has 45 heavy (non-hydrogen) atoms. The second kappa shape index (κ2) is 16.1. The number of nitrogens with two attached hydrogens (primary N) is 1. The summed E-state index contributed by atoms with van der Waals surface area (Å²) in [6.45, 7) is 9.43. The predicted octanol–water partition coefficient (Wildman–Crippen LogP) is 3.79. The first-order valence-corrected chi connectivity index (χ1v) is 15.2. The Morgan fingerprint density at radius 3 is 2.29 bits per heavy atom. The van der Waals surface area contributed by atoms with Crippen LogP contribution in [0.2, 0.25) is 0 Å². The number of carbonyl (C=O) groups excluding carboxylic acids is 4. The Kier molecular flexibility index (Phi) is 12.6. The highest BCUT2D eigenvalue weighted by molar-refractivity contribution is 6.00. The van der Waals surface area contributed by atoms with Crippen LogP contribution >= 0.6 is 0 Å². The predicted molar refractivity (Wildman–Crippen MR) is 172 cm³/mol. The van der Waals surface area contributed by atoms with Gasteiger partial charge in [-0.05, 0) is 57.2 Å². The number of hydrogen-bond donors (Lipinski definition) is 4. The number of fused-ring (bicyclic) bond motifs is 1. The van der Waals surface area contributed by atoms with Crippen molar-refractivity contribution in [2.24, 2.45) is 17.6 Å². The smallest absolute Gasteiger partial charge is 0.424 e. The van der Waals surface area contributed by atoms with Crippen molar-refractivity contribution in [3.05, 3.63) is 78.0 Å². The maximum absolute atomic E-state index is 14.1. The van der Waals surface area contributed by atoms with E-state index in [1.807, 2.05) is 32.0 Å². The van der Waals surface area contributed by atoms with Gasteiger partial charge in [0.2, 0.25) is 5.91 Å². The number of nitrogens with zero attached hydrogens (tertiary/aromatic N) is 2. The van der Waals surface area contributed by atoms with Crippen molar-refractivity contribution in [2.45, 2.75) is 71.6 Å².